The molecule has 1 fully saturated rings. The lowest BCUT2D eigenvalue weighted by molar-refractivity contribution is -0.115. The van der Waals surface area contributed by atoms with E-state index >= 15 is 0 Å². The van der Waals surface area contributed by atoms with Gasteiger partial charge in [0, 0.05) is 17.3 Å². The molecule has 0 saturated heterocycles. The minimum Gasteiger partial charge on any atom is -0.389 e. The summed E-state index contributed by atoms with van der Waals surface area (Å²) in [6, 6.07) is 6.98. The predicted octanol–water partition coefficient (Wildman–Crippen LogP) is 2.56. The Balaban J connectivity index is 1.71. The minimum absolute atomic E-state index is 0.119. The summed E-state index contributed by atoms with van der Waals surface area (Å²) in [5.41, 5.74) is 0.0799. The SMILES string of the molecule is O=C(CNCC1(O)CCCCC1)Nc1ccc(Cl)cc1. The summed E-state index contributed by atoms with van der Waals surface area (Å²) in [6.07, 6.45) is 4.96. The number of rotatable bonds is 5. The molecule has 2 rings (SSSR count). The molecule has 1 aliphatic carbocycles. The van der Waals surface area contributed by atoms with Crippen molar-refractivity contribution in [2.24, 2.45) is 0 Å². The van der Waals surface area contributed by atoms with Gasteiger partial charge >= 0.3 is 0 Å². The van der Waals surface area contributed by atoms with Crippen LogP contribution in [0.4, 0.5) is 5.69 Å². The number of hydrogen-bond donors (Lipinski definition) is 3. The highest BCUT2D eigenvalue weighted by atomic mass is 35.5. The number of hydrogen-bond acceptors (Lipinski definition) is 3. The molecule has 0 aliphatic heterocycles. The molecule has 1 aliphatic rings. The van der Waals surface area contributed by atoms with Gasteiger partial charge in [-0.1, -0.05) is 30.9 Å². The van der Waals surface area contributed by atoms with Crippen LogP contribution < -0.4 is 10.6 Å². The van der Waals surface area contributed by atoms with Crippen molar-refractivity contribution in [1.82, 2.24) is 5.32 Å². The van der Waals surface area contributed by atoms with E-state index in [-0.39, 0.29) is 12.5 Å². The number of halogens is 1. The average Bonchev–Trinajstić information content (AvgIpc) is 2.42. The van der Waals surface area contributed by atoms with E-state index < -0.39 is 5.60 Å². The first-order valence-corrected chi connectivity index (χ1v) is 7.44. The molecule has 1 aromatic carbocycles. The number of anilines is 1. The molecule has 0 radical (unpaired) electrons. The van der Waals surface area contributed by atoms with E-state index in [0.717, 1.165) is 31.4 Å². The van der Waals surface area contributed by atoms with Crippen molar-refractivity contribution in [3.8, 4) is 0 Å². The summed E-state index contributed by atoms with van der Waals surface area (Å²) >= 11 is 5.78. The lowest BCUT2D eigenvalue weighted by atomic mass is 9.85. The van der Waals surface area contributed by atoms with Crippen molar-refractivity contribution in [2.75, 3.05) is 18.4 Å². The highest BCUT2D eigenvalue weighted by molar-refractivity contribution is 6.30. The average molecular weight is 297 g/mol. The molecule has 1 aromatic rings. The summed E-state index contributed by atoms with van der Waals surface area (Å²) in [5, 5.41) is 16.8. The Bertz CT molecular complexity index is 442. The molecule has 5 heteroatoms. The van der Waals surface area contributed by atoms with Crippen molar-refractivity contribution in [1.29, 1.82) is 0 Å². The topological polar surface area (TPSA) is 61.4 Å². The maximum Gasteiger partial charge on any atom is 0.238 e. The van der Waals surface area contributed by atoms with Crippen LogP contribution in [0.25, 0.3) is 0 Å². The second-order valence-corrected chi connectivity index (χ2v) is 5.88. The lowest BCUT2D eigenvalue weighted by Gasteiger charge is -2.32. The van der Waals surface area contributed by atoms with Crippen molar-refractivity contribution >= 4 is 23.2 Å². The van der Waals surface area contributed by atoms with E-state index in [0.29, 0.717) is 11.6 Å². The maximum atomic E-state index is 11.8. The van der Waals surface area contributed by atoms with E-state index in [9.17, 15) is 9.90 Å². The fourth-order valence-electron chi connectivity index (χ4n) is 2.53. The van der Waals surface area contributed by atoms with Crippen LogP contribution in [0.5, 0.6) is 0 Å². The van der Waals surface area contributed by atoms with Gasteiger partial charge in [-0.3, -0.25) is 4.79 Å². The first-order chi connectivity index (χ1) is 9.57. The van der Waals surface area contributed by atoms with Gasteiger partial charge in [-0.2, -0.15) is 0 Å². The third-order valence-corrected chi connectivity index (χ3v) is 3.90. The molecule has 110 valence electrons. The Morgan fingerprint density at radius 2 is 1.85 bits per heavy atom. The summed E-state index contributed by atoms with van der Waals surface area (Å²) in [4.78, 5) is 11.8. The molecule has 0 heterocycles. The Kier molecular flexibility index (Phi) is 5.40. The molecular weight excluding hydrogens is 276 g/mol. The van der Waals surface area contributed by atoms with Crippen molar-refractivity contribution < 1.29 is 9.90 Å². The van der Waals surface area contributed by atoms with Crippen LogP contribution in [0.1, 0.15) is 32.1 Å². The van der Waals surface area contributed by atoms with Gasteiger partial charge in [0.25, 0.3) is 0 Å². The number of carbonyl (C=O) groups excluding carboxylic acids is 1. The quantitative estimate of drug-likeness (QED) is 0.782. The molecule has 0 spiro atoms. The molecule has 0 atom stereocenters. The Morgan fingerprint density at radius 1 is 1.20 bits per heavy atom. The van der Waals surface area contributed by atoms with Crippen LogP contribution in [-0.4, -0.2) is 29.7 Å². The van der Waals surface area contributed by atoms with Crippen molar-refractivity contribution in [2.45, 2.75) is 37.7 Å². The maximum absolute atomic E-state index is 11.8. The van der Waals surface area contributed by atoms with Gasteiger partial charge in [0.2, 0.25) is 5.91 Å². The third kappa shape index (κ3) is 4.78. The minimum atomic E-state index is -0.640. The van der Waals surface area contributed by atoms with Gasteiger partial charge in [0.15, 0.2) is 0 Å². The fraction of sp³-hybridized carbons (Fsp3) is 0.533. The van der Waals surface area contributed by atoms with Crippen molar-refractivity contribution in [3.63, 3.8) is 0 Å². The summed E-state index contributed by atoms with van der Waals surface area (Å²) < 4.78 is 0. The smallest absolute Gasteiger partial charge is 0.238 e. The zero-order valence-corrected chi connectivity index (χ0v) is 12.2. The van der Waals surface area contributed by atoms with Crippen LogP contribution >= 0.6 is 11.6 Å². The summed E-state index contributed by atoms with van der Waals surface area (Å²) in [5.74, 6) is -0.119. The van der Waals surface area contributed by atoms with Gasteiger partial charge in [-0.15, -0.1) is 0 Å². The largest absolute Gasteiger partial charge is 0.389 e. The van der Waals surface area contributed by atoms with Crippen molar-refractivity contribution in [3.05, 3.63) is 29.3 Å². The number of amides is 1. The highest BCUT2D eigenvalue weighted by Crippen LogP contribution is 2.27. The molecule has 1 amide bonds. The van der Waals surface area contributed by atoms with E-state index in [1.165, 1.54) is 6.42 Å². The number of nitrogens with one attached hydrogen (secondary N) is 2. The molecule has 0 bridgehead atoms. The first-order valence-electron chi connectivity index (χ1n) is 7.06. The monoisotopic (exact) mass is 296 g/mol. The lowest BCUT2D eigenvalue weighted by Crippen LogP contribution is -2.44. The van der Waals surface area contributed by atoms with E-state index in [1.54, 1.807) is 24.3 Å². The molecule has 20 heavy (non-hydrogen) atoms. The molecule has 0 aromatic heterocycles. The molecular formula is C15H21ClN2O2. The standard InChI is InChI=1S/C15H21ClN2O2/c16-12-4-6-13(7-5-12)18-14(19)10-17-11-15(20)8-2-1-3-9-15/h4-7,17,20H,1-3,8-11H2,(H,18,19). The van der Waals surface area contributed by atoms with Crippen LogP contribution in [-0.2, 0) is 4.79 Å². The molecule has 1 saturated carbocycles. The summed E-state index contributed by atoms with van der Waals surface area (Å²) in [7, 11) is 0. The molecule has 4 nitrogen and oxygen atoms in total. The second kappa shape index (κ2) is 7.07. The van der Waals surface area contributed by atoms with E-state index in [4.69, 9.17) is 11.6 Å². The zero-order chi connectivity index (χ0) is 14.4. The van der Waals surface area contributed by atoms with Crippen LogP contribution in [0.15, 0.2) is 24.3 Å². The second-order valence-electron chi connectivity index (χ2n) is 5.44. The summed E-state index contributed by atoms with van der Waals surface area (Å²) in [6.45, 7) is 0.673. The van der Waals surface area contributed by atoms with Crippen LogP contribution in [0.2, 0.25) is 5.02 Å². The normalized spacial score (nSPS) is 17.7. The highest BCUT2D eigenvalue weighted by Gasteiger charge is 2.28. The Morgan fingerprint density at radius 3 is 2.50 bits per heavy atom. The zero-order valence-electron chi connectivity index (χ0n) is 11.5. The third-order valence-electron chi connectivity index (χ3n) is 3.65. The Hall–Kier alpha value is -1.10. The van der Waals surface area contributed by atoms with Crippen LogP contribution in [0, 0.1) is 0 Å². The molecule has 0 unspecified atom stereocenters. The van der Waals surface area contributed by atoms with Gasteiger partial charge in [-0.25, -0.2) is 0 Å². The Labute approximate surface area is 124 Å². The van der Waals surface area contributed by atoms with Gasteiger partial charge in [0.1, 0.15) is 0 Å². The fourth-order valence-corrected chi connectivity index (χ4v) is 2.66. The van der Waals surface area contributed by atoms with Crippen LogP contribution in [0.3, 0.4) is 0 Å². The van der Waals surface area contributed by atoms with Gasteiger partial charge in [-0.05, 0) is 37.1 Å². The predicted molar refractivity (Wildman–Crippen MR) is 81.0 cm³/mol. The number of carbonyl (C=O) groups is 1. The van der Waals surface area contributed by atoms with E-state index in [1.807, 2.05) is 0 Å². The van der Waals surface area contributed by atoms with E-state index in [2.05, 4.69) is 10.6 Å². The first kappa shape index (κ1) is 15.3. The number of benzene rings is 1. The van der Waals surface area contributed by atoms with Gasteiger partial charge < -0.3 is 15.7 Å². The van der Waals surface area contributed by atoms with Gasteiger partial charge in [0.05, 0.1) is 12.1 Å². The number of aliphatic hydroxyl groups is 1. The molecule has 3 N–H and O–H groups in total.